The van der Waals surface area contributed by atoms with E-state index in [0.29, 0.717) is 0 Å². The van der Waals surface area contributed by atoms with E-state index in [4.69, 9.17) is 4.12 Å². The standard InChI is InChI=1S/C12H30N2OSi2.Bi/c1-11(2,3)13-16(7,8)15-17(9,10)14-12(4,5)6;/h1-10H3;/q-2;+2. The summed E-state index contributed by atoms with van der Waals surface area (Å²) in [4.78, 5) is 0. The van der Waals surface area contributed by atoms with E-state index in [9.17, 15) is 0 Å². The van der Waals surface area contributed by atoms with Crippen LogP contribution in [0.2, 0.25) is 26.2 Å². The first kappa shape index (κ1) is 17.2. The maximum atomic E-state index is 6.71. The maximum absolute atomic E-state index is 6.71. The summed E-state index contributed by atoms with van der Waals surface area (Å²) >= 11 is -0.854. The first-order valence-electron chi connectivity index (χ1n) is 6.70. The first-order valence-corrected chi connectivity index (χ1v) is 15.5. The molecule has 0 aromatic heterocycles. The molecule has 0 aromatic carbocycles. The van der Waals surface area contributed by atoms with Crippen LogP contribution in [0.5, 0.6) is 0 Å². The molecule has 1 fully saturated rings. The molecule has 0 aromatic rings. The molecule has 1 radical (unpaired) electrons. The van der Waals surface area contributed by atoms with Crippen molar-refractivity contribution in [3.05, 3.63) is 0 Å². The van der Waals surface area contributed by atoms with Gasteiger partial charge >= 0.3 is 129 Å². The number of hydrogen-bond acceptors (Lipinski definition) is 3. The van der Waals surface area contributed by atoms with Gasteiger partial charge in [0, 0.05) is 0 Å². The molecule has 3 nitrogen and oxygen atoms in total. The molecule has 1 saturated heterocycles. The van der Waals surface area contributed by atoms with Crippen LogP contribution in [0.1, 0.15) is 41.5 Å². The van der Waals surface area contributed by atoms with E-state index in [2.05, 4.69) is 72.7 Å². The van der Waals surface area contributed by atoms with E-state index < -0.39 is 40.8 Å². The molecule has 0 aliphatic carbocycles. The van der Waals surface area contributed by atoms with Crippen LogP contribution in [0.25, 0.3) is 0 Å². The predicted octanol–water partition coefficient (Wildman–Crippen LogP) is 3.16. The zero-order chi connectivity index (χ0) is 14.6. The second-order valence-corrected chi connectivity index (χ2v) is 22.4. The Bertz CT molecular complexity index is 291. The molecule has 1 aliphatic rings. The molecular weight excluding hydrogens is 453 g/mol. The van der Waals surface area contributed by atoms with Crippen molar-refractivity contribution < 1.29 is 4.12 Å². The molecule has 0 N–H and O–H groups in total. The van der Waals surface area contributed by atoms with Crippen LogP contribution in [-0.4, -0.2) is 56.9 Å². The van der Waals surface area contributed by atoms with Crippen molar-refractivity contribution >= 4 is 40.8 Å². The van der Waals surface area contributed by atoms with Gasteiger partial charge in [-0.25, -0.2) is 0 Å². The average Bonchev–Trinajstić information content (AvgIpc) is 1.92. The zero-order valence-corrected chi connectivity index (χ0v) is 19.2. The number of rotatable bonds is 0. The predicted molar refractivity (Wildman–Crippen MR) is 85.0 cm³/mol. The Balaban J connectivity index is 3.13. The summed E-state index contributed by atoms with van der Waals surface area (Å²) in [6.07, 6.45) is 0. The fraction of sp³-hybridized carbons (Fsp3) is 1.00. The molecule has 1 rings (SSSR count). The average molecular weight is 484 g/mol. The van der Waals surface area contributed by atoms with Crippen LogP contribution < -0.4 is 0 Å². The Morgan fingerprint density at radius 3 is 1.22 bits per heavy atom. The summed E-state index contributed by atoms with van der Waals surface area (Å²) in [7, 11) is -3.36. The summed E-state index contributed by atoms with van der Waals surface area (Å²) < 4.78 is 12.3. The van der Waals surface area contributed by atoms with Gasteiger partial charge in [-0.2, -0.15) is 0 Å². The zero-order valence-electron chi connectivity index (χ0n) is 13.7. The van der Waals surface area contributed by atoms with Gasteiger partial charge in [0.2, 0.25) is 0 Å². The van der Waals surface area contributed by atoms with Crippen molar-refractivity contribution in [2.45, 2.75) is 78.8 Å². The van der Waals surface area contributed by atoms with E-state index in [1.807, 2.05) is 0 Å². The summed E-state index contributed by atoms with van der Waals surface area (Å²) in [5, 5.41) is 0. The Kier molecular flexibility index (Phi) is 4.68. The molecule has 0 unspecified atom stereocenters. The second-order valence-electron chi connectivity index (χ2n) is 8.05. The topological polar surface area (TPSA) is 15.7 Å². The quantitative estimate of drug-likeness (QED) is 0.493. The van der Waals surface area contributed by atoms with Gasteiger partial charge in [0.1, 0.15) is 0 Å². The Morgan fingerprint density at radius 1 is 0.722 bits per heavy atom. The van der Waals surface area contributed by atoms with Crippen LogP contribution in [0.15, 0.2) is 0 Å². The SMILES string of the molecule is CC(C)(C)[N]1[Bi][N](C(C)(C)C)[Si](C)(C)O[Si]1(C)C. The van der Waals surface area contributed by atoms with E-state index >= 15 is 0 Å². The van der Waals surface area contributed by atoms with Crippen molar-refractivity contribution in [2.24, 2.45) is 0 Å². The second kappa shape index (κ2) is 4.88. The molecule has 1 heterocycles. The fourth-order valence-electron chi connectivity index (χ4n) is 2.89. The summed E-state index contributed by atoms with van der Waals surface area (Å²) in [6, 6.07) is 0. The Labute approximate surface area is 128 Å². The third-order valence-corrected chi connectivity index (χ3v) is 29.2. The van der Waals surface area contributed by atoms with Gasteiger partial charge in [0.05, 0.1) is 0 Å². The van der Waals surface area contributed by atoms with Crippen molar-refractivity contribution in [1.82, 2.24) is 5.02 Å². The van der Waals surface area contributed by atoms with Gasteiger partial charge in [0.15, 0.2) is 0 Å². The van der Waals surface area contributed by atoms with Crippen LogP contribution in [0.3, 0.4) is 0 Å². The molecule has 0 bridgehead atoms. The van der Waals surface area contributed by atoms with Gasteiger partial charge in [-0.15, -0.1) is 0 Å². The third kappa shape index (κ3) is 3.64. The van der Waals surface area contributed by atoms with Crippen molar-refractivity contribution in [1.29, 1.82) is 0 Å². The summed E-state index contributed by atoms with van der Waals surface area (Å²) in [5.41, 5.74) is 0.502. The van der Waals surface area contributed by atoms with Crippen molar-refractivity contribution in [3.63, 3.8) is 0 Å². The van der Waals surface area contributed by atoms with Crippen LogP contribution in [0, 0.1) is 0 Å². The van der Waals surface area contributed by atoms with E-state index in [1.54, 1.807) is 0 Å². The van der Waals surface area contributed by atoms with Gasteiger partial charge in [-0.1, -0.05) is 0 Å². The molecule has 0 amide bonds. The number of hydrogen-bond donors (Lipinski definition) is 0. The van der Waals surface area contributed by atoms with Crippen molar-refractivity contribution in [2.75, 3.05) is 0 Å². The molecule has 0 atom stereocenters. The van der Waals surface area contributed by atoms with Crippen LogP contribution in [0.4, 0.5) is 0 Å². The molecular formula is C12H30BiN2OSi2. The normalized spacial score (nSPS) is 26.3. The fourth-order valence-corrected chi connectivity index (χ4v) is 25.1. The van der Waals surface area contributed by atoms with Gasteiger partial charge in [0.25, 0.3) is 0 Å². The minimum absolute atomic E-state index is 0.251. The third-order valence-electron chi connectivity index (χ3n) is 2.97. The van der Waals surface area contributed by atoms with Gasteiger partial charge in [-0.05, 0) is 0 Å². The Hall–Kier alpha value is 1.20. The van der Waals surface area contributed by atoms with Crippen LogP contribution in [-0.2, 0) is 4.12 Å². The molecule has 0 saturated carbocycles. The van der Waals surface area contributed by atoms with Gasteiger partial charge < -0.3 is 0 Å². The van der Waals surface area contributed by atoms with Gasteiger partial charge in [-0.3, -0.25) is 0 Å². The molecule has 0 spiro atoms. The Morgan fingerprint density at radius 2 is 1.00 bits per heavy atom. The summed E-state index contributed by atoms with van der Waals surface area (Å²) in [6.45, 7) is 23.6. The minimum atomic E-state index is -1.68. The van der Waals surface area contributed by atoms with Crippen molar-refractivity contribution in [3.8, 4) is 0 Å². The molecule has 18 heavy (non-hydrogen) atoms. The molecule has 107 valence electrons. The van der Waals surface area contributed by atoms with E-state index in [0.717, 1.165) is 0 Å². The first-order chi connectivity index (χ1) is 7.68. The van der Waals surface area contributed by atoms with E-state index in [-0.39, 0.29) is 11.1 Å². The molecule has 6 heteroatoms. The summed E-state index contributed by atoms with van der Waals surface area (Å²) in [5.74, 6) is 0. The molecule has 1 aliphatic heterocycles. The monoisotopic (exact) mass is 483 g/mol. The van der Waals surface area contributed by atoms with Crippen LogP contribution >= 0.6 is 0 Å². The number of nitrogens with zero attached hydrogens (tertiary/aromatic N) is 2. The van der Waals surface area contributed by atoms with E-state index in [1.165, 1.54) is 0 Å².